The highest BCUT2D eigenvalue weighted by atomic mass is 32.1. The van der Waals surface area contributed by atoms with Crippen LogP contribution in [0.25, 0.3) is 0 Å². The number of anilines is 1. The molecular formula is C26H33N5O2S. The lowest BCUT2D eigenvalue weighted by molar-refractivity contribution is 0.0947. The number of ether oxygens (including phenoxy) is 1. The standard InChI is InChI=1S/C26H33N5O2S/c1-2-3-19-33-23-11-9-22(10-12-23)25(32)27-13-14-30-15-17-31(18-16-30)26-28-24(29-34-26)20-21-7-5-4-6-8-21/h4-12H,2-3,13-20H2,1H3,(H,27,32). The maximum Gasteiger partial charge on any atom is 0.251 e. The van der Waals surface area contributed by atoms with E-state index < -0.39 is 0 Å². The number of aromatic nitrogens is 2. The summed E-state index contributed by atoms with van der Waals surface area (Å²) < 4.78 is 10.2. The summed E-state index contributed by atoms with van der Waals surface area (Å²) in [5, 5.41) is 4.03. The lowest BCUT2D eigenvalue weighted by Gasteiger charge is -2.34. The van der Waals surface area contributed by atoms with Gasteiger partial charge in [-0.25, -0.2) is 4.98 Å². The fraction of sp³-hybridized carbons (Fsp3) is 0.423. The van der Waals surface area contributed by atoms with E-state index in [4.69, 9.17) is 9.72 Å². The van der Waals surface area contributed by atoms with Gasteiger partial charge in [0.15, 0.2) is 0 Å². The second kappa shape index (κ2) is 12.5. The zero-order valence-corrected chi connectivity index (χ0v) is 20.6. The zero-order valence-electron chi connectivity index (χ0n) is 19.8. The molecule has 1 aromatic heterocycles. The summed E-state index contributed by atoms with van der Waals surface area (Å²) in [6, 6.07) is 17.7. The largest absolute Gasteiger partial charge is 0.494 e. The quantitative estimate of drug-likeness (QED) is 0.421. The smallest absolute Gasteiger partial charge is 0.251 e. The molecular weight excluding hydrogens is 446 g/mol. The Kier molecular flexibility index (Phi) is 8.87. The molecule has 0 aliphatic carbocycles. The van der Waals surface area contributed by atoms with Gasteiger partial charge in [0.1, 0.15) is 11.6 Å². The molecule has 1 fully saturated rings. The number of benzene rings is 2. The second-order valence-corrected chi connectivity index (χ2v) is 9.20. The molecule has 0 atom stereocenters. The van der Waals surface area contributed by atoms with Crippen LogP contribution in [0.15, 0.2) is 54.6 Å². The van der Waals surface area contributed by atoms with Crippen LogP contribution in [0.4, 0.5) is 5.13 Å². The summed E-state index contributed by atoms with van der Waals surface area (Å²) in [5.41, 5.74) is 1.89. The molecule has 8 heteroatoms. The molecule has 1 N–H and O–H groups in total. The van der Waals surface area contributed by atoms with Crippen LogP contribution in [0, 0.1) is 0 Å². The Labute approximate surface area is 205 Å². The molecule has 0 unspecified atom stereocenters. The van der Waals surface area contributed by atoms with Gasteiger partial charge in [-0.1, -0.05) is 43.7 Å². The van der Waals surface area contributed by atoms with Gasteiger partial charge in [0.25, 0.3) is 5.91 Å². The number of carbonyl (C=O) groups excluding carboxylic acids is 1. The summed E-state index contributed by atoms with van der Waals surface area (Å²) in [6.45, 7) is 8.07. The minimum Gasteiger partial charge on any atom is -0.494 e. The Morgan fingerprint density at radius 1 is 1.06 bits per heavy atom. The van der Waals surface area contributed by atoms with Crippen molar-refractivity contribution in [1.82, 2.24) is 19.6 Å². The molecule has 0 radical (unpaired) electrons. The first-order valence-electron chi connectivity index (χ1n) is 12.1. The third-order valence-corrected chi connectivity index (χ3v) is 6.72. The van der Waals surface area contributed by atoms with E-state index in [9.17, 15) is 4.79 Å². The highest BCUT2D eigenvalue weighted by Crippen LogP contribution is 2.20. The van der Waals surface area contributed by atoms with Gasteiger partial charge in [0.05, 0.1) is 6.61 Å². The third-order valence-electron chi connectivity index (χ3n) is 5.90. The van der Waals surface area contributed by atoms with Crippen molar-refractivity contribution in [3.63, 3.8) is 0 Å². The molecule has 4 rings (SSSR count). The lowest BCUT2D eigenvalue weighted by Crippen LogP contribution is -2.48. The summed E-state index contributed by atoms with van der Waals surface area (Å²) >= 11 is 1.48. The number of hydrogen-bond acceptors (Lipinski definition) is 7. The van der Waals surface area contributed by atoms with Gasteiger partial charge in [-0.2, -0.15) is 4.37 Å². The van der Waals surface area contributed by atoms with Crippen molar-refractivity contribution in [1.29, 1.82) is 0 Å². The number of rotatable bonds is 11. The first-order chi connectivity index (χ1) is 16.7. The Morgan fingerprint density at radius 2 is 1.82 bits per heavy atom. The van der Waals surface area contributed by atoms with Gasteiger partial charge in [0.2, 0.25) is 5.13 Å². The molecule has 0 saturated carbocycles. The average Bonchev–Trinajstić information content (AvgIpc) is 3.34. The van der Waals surface area contributed by atoms with E-state index in [0.717, 1.165) is 68.7 Å². The molecule has 1 aliphatic rings. The van der Waals surface area contributed by atoms with E-state index in [1.165, 1.54) is 17.1 Å². The van der Waals surface area contributed by atoms with Gasteiger partial charge < -0.3 is 15.0 Å². The molecule has 1 saturated heterocycles. The average molecular weight is 480 g/mol. The number of unbranched alkanes of at least 4 members (excludes halogenated alkanes) is 1. The third kappa shape index (κ3) is 7.01. The zero-order chi connectivity index (χ0) is 23.6. The first kappa shape index (κ1) is 24.2. The van der Waals surface area contributed by atoms with E-state index in [2.05, 4.69) is 38.5 Å². The molecule has 1 aliphatic heterocycles. The Balaban J connectivity index is 1.15. The molecule has 34 heavy (non-hydrogen) atoms. The molecule has 0 spiro atoms. The molecule has 2 heterocycles. The minimum atomic E-state index is -0.0430. The van der Waals surface area contributed by atoms with E-state index >= 15 is 0 Å². The van der Waals surface area contributed by atoms with Gasteiger partial charge in [-0.05, 0) is 36.2 Å². The fourth-order valence-electron chi connectivity index (χ4n) is 3.85. The number of piperazine rings is 1. The van der Waals surface area contributed by atoms with Gasteiger partial charge in [-0.3, -0.25) is 9.69 Å². The van der Waals surface area contributed by atoms with Gasteiger partial charge in [0, 0.05) is 62.8 Å². The summed E-state index contributed by atoms with van der Waals surface area (Å²) in [7, 11) is 0. The van der Waals surface area contributed by atoms with Crippen molar-refractivity contribution in [3.05, 3.63) is 71.5 Å². The van der Waals surface area contributed by atoms with Crippen LogP contribution < -0.4 is 15.0 Å². The van der Waals surface area contributed by atoms with Crippen LogP contribution in [-0.4, -0.2) is 66.0 Å². The second-order valence-electron chi connectivity index (χ2n) is 8.47. The van der Waals surface area contributed by atoms with Crippen LogP contribution in [0.5, 0.6) is 5.75 Å². The van der Waals surface area contributed by atoms with Crippen molar-refractivity contribution in [2.75, 3.05) is 50.8 Å². The van der Waals surface area contributed by atoms with Crippen molar-refractivity contribution >= 4 is 22.6 Å². The monoisotopic (exact) mass is 479 g/mol. The van der Waals surface area contributed by atoms with Crippen molar-refractivity contribution in [2.24, 2.45) is 0 Å². The van der Waals surface area contributed by atoms with Crippen molar-refractivity contribution in [3.8, 4) is 5.75 Å². The fourth-order valence-corrected chi connectivity index (χ4v) is 4.59. The van der Waals surface area contributed by atoms with Gasteiger partial charge in [-0.15, -0.1) is 0 Å². The van der Waals surface area contributed by atoms with E-state index in [0.29, 0.717) is 18.7 Å². The van der Waals surface area contributed by atoms with E-state index in [1.807, 2.05) is 42.5 Å². The summed E-state index contributed by atoms with van der Waals surface area (Å²) in [5.74, 6) is 1.65. The molecule has 1 amide bonds. The summed E-state index contributed by atoms with van der Waals surface area (Å²) in [6.07, 6.45) is 2.91. The minimum absolute atomic E-state index is 0.0430. The molecule has 2 aromatic carbocycles. The normalized spacial score (nSPS) is 14.2. The lowest BCUT2D eigenvalue weighted by atomic mass is 10.1. The SMILES string of the molecule is CCCCOc1ccc(C(=O)NCCN2CCN(c3nc(Cc4ccccc4)ns3)CC2)cc1. The van der Waals surface area contributed by atoms with E-state index in [1.54, 1.807) is 0 Å². The highest BCUT2D eigenvalue weighted by Gasteiger charge is 2.20. The first-order valence-corrected chi connectivity index (χ1v) is 12.8. The van der Waals surface area contributed by atoms with Crippen LogP contribution in [0.1, 0.15) is 41.5 Å². The van der Waals surface area contributed by atoms with Gasteiger partial charge >= 0.3 is 0 Å². The Hall–Kier alpha value is -2.97. The summed E-state index contributed by atoms with van der Waals surface area (Å²) in [4.78, 5) is 21.9. The van der Waals surface area contributed by atoms with Crippen molar-refractivity contribution in [2.45, 2.75) is 26.2 Å². The maximum absolute atomic E-state index is 12.4. The van der Waals surface area contributed by atoms with Crippen LogP contribution in [-0.2, 0) is 6.42 Å². The topological polar surface area (TPSA) is 70.6 Å². The molecule has 0 bridgehead atoms. The van der Waals surface area contributed by atoms with Crippen LogP contribution in [0.2, 0.25) is 0 Å². The van der Waals surface area contributed by atoms with E-state index in [-0.39, 0.29) is 5.91 Å². The highest BCUT2D eigenvalue weighted by molar-refractivity contribution is 7.09. The number of amides is 1. The predicted octanol–water partition coefficient (Wildman–Crippen LogP) is 3.86. The maximum atomic E-state index is 12.4. The molecule has 7 nitrogen and oxygen atoms in total. The Bertz CT molecular complexity index is 1020. The Morgan fingerprint density at radius 3 is 2.56 bits per heavy atom. The molecule has 180 valence electrons. The number of nitrogens with one attached hydrogen (secondary N) is 1. The predicted molar refractivity (Wildman–Crippen MR) is 137 cm³/mol. The number of nitrogens with zero attached hydrogens (tertiary/aromatic N) is 4. The number of hydrogen-bond donors (Lipinski definition) is 1. The molecule has 3 aromatic rings. The van der Waals surface area contributed by atoms with Crippen molar-refractivity contribution < 1.29 is 9.53 Å². The van der Waals surface area contributed by atoms with Crippen LogP contribution >= 0.6 is 11.5 Å². The van der Waals surface area contributed by atoms with Crippen LogP contribution in [0.3, 0.4) is 0 Å². The number of carbonyl (C=O) groups is 1.